The number of aromatic nitrogens is 1. The van der Waals surface area contributed by atoms with E-state index in [-0.39, 0.29) is 5.91 Å². The number of hydrogen-bond acceptors (Lipinski definition) is 2. The Morgan fingerprint density at radius 2 is 1.90 bits per heavy atom. The lowest BCUT2D eigenvalue weighted by Gasteiger charge is -2.14. The third kappa shape index (κ3) is 2.75. The molecule has 1 amide bonds. The number of carbonyl (C=O) groups is 1. The molecule has 0 radical (unpaired) electrons. The fraction of sp³-hybridized carbons (Fsp3) is 0.250. The molecule has 1 aromatic carbocycles. The summed E-state index contributed by atoms with van der Waals surface area (Å²) in [5.74, 6) is -0.155. The first-order chi connectivity index (χ1) is 9.65. The Labute approximate surface area is 126 Å². The molecule has 1 aliphatic rings. The van der Waals surface area contributed by atoms with Crippen LogP contribution in [0.3, 0.4) is 0 Å². The van der Waals surface area contributed by atoms with Crippen LogP contribution in [0.4, 0.5) is 0 Å². The number of carbonyl (C=O) groups excluding carboxylic acids is 1. The topological polar surface area (TPSA) is 56.0 Å². The Morgan fingerprint density at radius 1 is 1.20 bits per heavy atom. The van der Waals surface area contributed by atoms with E-state index >= 15 is 0 Å². The van der Waals surface area contributed by atoms with Gasteiger partial charge in [-0.25, -0.2) is 0 Å². The zero-order chi connectivity index (χ0) is 14.1. The fourth-order valence-electron chi connectivity index (χ4n) is 2.42. The minimum Gasteiger partial charge on any atom is -0.369 e. The van der Waals surface area contributed by atoms with Crippen molar-refractivity contribution in [2.75, 3.05) is 0 Å². The Kier molecular flexibility index (Phi) is 3.57. The van der Waals surface area contributed by atoms with Gasteiger partial charge in [0.2, 0.25) is 5.91 Å². The van der Waals surface area contributed by atoms with Crippen LogP contribution in [-0.4, -0.2) is 10.9 Å². The maximum atomic E-state index is 11.8. The van der Waals surface area contributed by atoms with Crippen LogP contribution in [0.25, 0.3) is 0 Å². The van der Waals surface area contributed by atoms with Crippen LogP contribution in [-0.2, 0) is 4.79 Å². The van der Waals surface area contributed by atoms with Crippen molar-refractivity contribution in [3.8, 4) is 0 Å². The lowest BCUT2D eigenvalue weighted by atomic mass is 9.93. The van der Waals surface area contributed by atoms with E-state index < -0.39 is 5.92 Å². The number of pyridine rings is 1. The molecular formula is C16H15BrN2O. The molecular weight excluding hydrogens is 316 g/mol. The zero-order valence-electron chi connectivity index (χ0n) is 10.9. The molecule has 1 unspecified atom stereocenters. The van der Waals surface area contributed by atoms with Gasteiger partial charge in [-0.2, -0.15) is 0 Å². The van der Waals surface area contributed by atoms with Gasteiger partial charge < -0.3 is 5.73 Å². The fourth-order valence-corrected chi connectivity index (χ4v) is 2.65. The molecule has 102 valence electrons. The van der Waals surface area contributed by atoms with Crippen LogP contribution in [0.5, 0.6) is 0 Å². The molecule has 4 heteroatoms. The molecule has 20 heavy (non-hydrogen) atoms. The quantitative estimate of drug-likeness (QED) is 0.934. The van der Waals surface area contributed by atoms with Gasteiger partial charge in [0.05, 0.1) is 5.69 Å². The predicted octanol–water partition coefficient (Wildman–Crippen LogP) is 3.34. The van der Waals surface area contributed by atoms with Crippen LogP contribution in [0.15, 0.2) is 47.1 Å². The highest BCUT2D eigenvalue weighted by Crippen LogP contribution is 2.40. The second-order valence-electron chi connectivity index (χ2n) is 5.18. The predicted molar refractivity (Wildman–Crippen MR) is 81.4 cm³/mol. The monoisotopic (exact) mass is 330 g/mol. The first kappa shape index (κ1) is 13.3. The summed E-state index contributed by atoms with van der Waals surface area (Å²) >= 11 is 3.34. The summed E-state index contributed by atoms with van der Waals surface area (Å²) in [4.78, 5) is 16.1. The highest BCUT2D eigenvalue weighted by Gasteiger charge is 2.25. The van der Waals surface area contributed by atoms with Crippen molar-refractivity contribution in [1.82, 2.24) is 4.98 Å². The molecule has 1 heterocycles. The minimum atomic E-state index is -0.489. The molecule has 1 aromatic heterocycles. The lowest BCUT2D eigenvalue weighted by molar-refractivity contribution is -0.118. The highest BCUT2D eigenvalue weighted by atomic mass is 79.9. The molecule has 0 spiro atoms. The molecule has 3 nitrogen and oxygen atoms in total. The first-order valence-electron chi connectivity index (χ1n) is 6.66. The van der Waals surface area contributed by atoms with Gasteiger partial charge in [-0.15, -0.1) is 0 Å². The second kappa shape index (κ2) is 5.37. The van der Waals surface area contributed by atoms with E-state index in [2.05, 4.69) is 33.0 Å². The van der Waals surface area contributed by atoms with Crippen LogP contribution in [0, 0.1) is 0 Å². The summed E-state index contributed by atoms with van der Waals surface area (Å²) < 4.78 is 0.883. The molecule has 3 rings (SSSR count). The lowest BCUT2D eigenvalue weighted by Crippen LogP contribution is -2.23. The van der Waals surface area contributed by atoms with Crippen molar-refractivity contribution in [3.63, 3.8) is 0 Å². The van der Waals surface area contributed by atoms with Crippen LogP contribution in [0.2, 0.25) is 0 Å². The van der Waals surface area contributed by atoms with Crippen molar-refractivity contribution in [2.24, 2.45) is 5.73 Å². The van der Waals surface area contributed by atoms with Gasteiger partial charge in [0.1, 0.15) is 5.92 Å². The van der Waals surface area contributed by atoms with E-state index in [9.17, 15) is 4.79 Å². The van der Waals surface area contributed by atoms with Crippen LogP contribution < -0.4 is 5.73 Å². The normalized spacial score (nSPS) is 15.8. The summed E-state index contributed by atoms with van der Waals surface area (Å²) in [6, 6.07) is 11.9. The number of halogens is 1. The summed E-state index contributed by atoms with van der Waals surface area (Å²) in [6.45, 7) is 0. The third-order valence-corrected chi connectivity index (χ3v) is 4.12. The Morgan fingerprint density at radius 3 is 2.40 bits per heavy atom. The van der Waals surface area contributed by atoms with E-state index in [1.54, 1.807) is 6.20 Å². The van der Waals surface area contributed by atoms with Crippen molar-refractivity contribution in [1.29, 1.82) is 0 Å². The number of hydrogen-bond donors (Lipinski definition) is 1. The smallest absolute Gasteiger partial charge is 0.231 e. The number of nitrogens with zero attached hydrogens (tertiary/aromatic N) is 1. The van der Waals surface area contributed by atoms with Gasteiger partial charge in [-0.3, -0.25) is 9.78 Å². The third-order valence-electron chi connectivity index (χ3n) is 3.65. The minimum absolute atomic E-state index is 0.376. The van der Waals surface area contributed by atoms with E-state index in [4.69, 9.17) is 5.73 Å². The number of rotatable bonds is 4. The average molecular weight is 331 g/mol. The van der Waals surface area contributed by atoms with Crippen LogP contribution in [0.1, 0.15) is 41.5 Å². The summed E-state index contributed by atoms with van der Waals surface area (Å²) in [7, 11) is 0. The van der Waals surface area contributed by atoms with Gasteiger partial charge in [0.25, 0.3) is 0 Å². The SMILES string of the molecule is NC(=O)C(c1ccc(C2CC2)cc1)c1ccc(Br)cn1. The van der Waals surface area contributed by atoms with E-state index in [1.807, 2.05) is 24.3 Å². The molecule has 1 fully saturated rings. The van der Waals surface area contributed by atoms with Gasteiger partial charge >= 0.3 is 0 Å². The molecule has 0 aliphatic heterocycles. The van der Waals surface area contributed by atoms with Gasteiger partial charge in [0, 0.05) is 10.7 Å². The average Bonchev–Trinajstić information content (AvgIpc) is 3.26. The van der Waals surface area contributed by atoms with Crippen molar-refractivity contribution in [3.05, 3.63) is 63.9 Å². The van der Waals surface area contributed by atoms with E-state index in [0.717, 1.165) is 10.0 Å². The number of nitrogens with two attached hydrogens (primary N) is 1. The molecule has 2 aromatic rings. The molecule has 1 saturated carbocycles. The Hall–Kier alpha value is -1.68. The van der Waals surface area contributed by atoms with E-state index in [1.165, 1.54) is 18.4 Å². The summed E-state index contributed by atoms with van der Waals surface area (Å²) in [5, 5.41) is 0. The Balaban J connectivity index is 1.93. The second-order valence-corrected chi connectivity index (χ2v) is 6.09. The summed E-state index contributed by atoms with van der Waals surface area (Å²) in [5.41, 5.74) is 8.49. The van der Waals surface area contributed by atoms with Crippen molar-refractivity contribution < 1.29 is 4.79 Å². The molecule has 2 N–H and O–H groups in total. The van der Waals surface area contributed by atoms with Crippen LogP contribution >= 0.6 is 15.9 Å². The van der Waals surface area contributed by atoms with E-state index in [0.29, 0.717) is 11.6 Å². The molecule has 1 atom stereocenters. The van der Waals surface area contributed by atoms with Crippen molar-refractivity contribution >= 4 is 21.8 Å². The number of benzene rings is 1. The Bertz CT molecular complexity index is 618. The molecule has 0 saturated heterocycles. The maximum absolute atomic E-state index is 11.8. The molecule has 1 aliphatic carbocycles. The standard InChI is InChI=1S/C16H15BrN2O/c17-13-7-8-14(19-9-13)15(16(18)20)12-5-3-11(4-6-12)10-1-2-10/h3-10,15H,1-2H2,(H2,18,20). The highest BCUT2D eigenvalue weighted by molar-refractivity contribution is 9.10. The largest absolute Gasteiger partial charge is 0.369 e. The van der Waals surface area contributed by atoms with Crippen molar-refractivity contribution in [2.45, 2.75) is 24.7 Å². The number of amides is 1. The maximum Gasteiger partial charge on any atom is 0.231 e. The van der Waals surface area contributed by atoms with Gasteiger partial charge in [0.15, 0.2) is 0 Å². The van der Waals surface area contributed by atoms with Gasteiger partial charge in [-0.1, -0.05) is 24.3 Å². The zero-order valence-corrected chi connectivity index (χ0v) is 12.5. The number of primary amides is 1. The van der Waals surface area contributed by atoms with Gasteiger partial charge in [-0.05, 0) is 57.9 Å². The first-order valence-corrected chi connectivity index (χ1v) is 7.45. The summed E-state index contributed by atoms with van der Waals surface area (Å²) in [6.07, 6.45) is 4.23. The molecule has 0 bridgehead atoms.